The van der Waals surface area contributed by atoms with E-state index >= 15 is 0 Å². The number of hydrogen-bond donors (Lipinski definition) is 8. The summed E-state index contributed by atoms with van der Waals surface area (Å²) in [5.41, 5.74) is 3.23. The number of benzene rings is 6. The van der Waals surface area contributed by atoms with Crippen LogP contribution in [-0.4, -0.2) is 241 Å². The predicted octanol–water partition coefficient (Wildman–Crippen LogP) is 3.18. The van der Waals surface area contributed by atoms with Gasteiger partial charge >= 0.3 is 18.1 Å². The first-order chi connectivity index (χ1) is 53.8. The lowest BCUT2D eigenvalue weighted by Gasteiger charge is -2.29. The summed E-state index contributed by atoms with van der Waals surface area (Å²) in [7, 11) is 6.08. The van der Waals surface area contributed by atoms with Gasteiger partial charge in [-0.05, 0) is 139 Å². The molecule has 0 bridgehead atoms. The van der Waals surface area contributed by atoms with Gasteiger partial charge in [0, 0.05) is 109 Å². The van der Waals surface area contributed by atoms with E-state index in [0.29, 0.717) is 139 Å². The number of nitrogens with one attached hydrogen (secondary N) is 6. The highest BCUT2D eigenvalue weighted by atomic mass is 16.6. The number of nitrogens with zero attached hydrogens (tertiary/aromatic N) is 9. The molecule has 570 valence electrons. The maximum atomic E-state index is 13.1. The van der Waals surface area contributed by atoms with Crippen molar-refractivity contribution in [2.24, 2.45) is 15.5 Å². The van der Waals surface area contributed by atoms with Crippen LogP contribution in [0.15, 0.2) is 143 Å². The standard InChI is InChI=1S/C27H27N5O6.C26H25N5O6.C26H25N5O5/c1-36-21-8-7-20-16-32(24(33)22(20)15-21)17-27(25(34)28-26(35)29-27)10-9-18-3-5-19(6-4-18)23(30-37-2)31-11-13-38-14-12-31;1-36-20-7-6-19-15-31(23(32)21(19)14-20)16-26(24(33)27-25(34)28-26)9-8-17-2-4-18(5-3-17)22(29-35)30-10-12-37-13-11-30;1-36-20-9-8-19-15-31(23(32)21(19)14-20)16-26(24(33)27-25(34)28-26)11-10-17-4-6-18(7-5-17)22(29-35)30-12-2-3-13-30/h3-8,15H,11-14,16-17H2,1-2H3,(H2,28,29,34,35);2-7,14,35H,10-13,15-16H2,1H3,(H2,27,28,33,34);4-9,14,35H,2-3,12-13,15-16H2,1H3,(H2,27,28,33,34)/t27-;2*26-/m111/s1. The molecule has 0 saturated carbocycles. The molecular weight excluding hydrogens is 1430 g/mol. The van der Waals surface area contributed by atoms with Crippen molar-refractivity contribution < 1.29 is 82.1 Å². The van der Waals surface area contributed by atoms with Gasteiger partial charge in [-0.2, -0.15) is 0 Å². The Labute approximate surface area is 636 Å². The van der Waals surface area contributed by atoms with E-state index in [9.17, 15) is 53.6 Å². The third-order valence-corrected chi connectivity index (χ3v) is 19.8. The number of carbonyl (C=O) groups is 9. The number of oxime groups is 3. The van der Waals surface area contributed by atoms with Crippen molar-refractivity contribution in [3.05, 3.63) is 194 Å². The molecule has 32 heteroatoms. The van der Waals surface area contributed by atoms with E-state index in [2.05, 4.69) is 87.8 Å². The van der Waals surface area contributed by atoms with Gasteiger partial charge in [0.2, 0.25) is 16.6 Å². The fourth-order valence-electron chi connectivity index (χ4n) is 13.9. The average Bonchev–Trinajstić information content (AvgIpc) is 1.63. The molecule has 9 aliphatic rings. The van der Waals surface area contributed by atoms with Crippen LogP contribution in [0.25, 0.3) is 0 Å². The minimum atomic E-state index is -1.61. The minimum Gasteiger partial charge on any atom is -0.497 e. The molecule has 12 amide bonds. The lowest BCUT2D eigenvalue weighted by Crippen LogP contribution is -2.54. The van der Waals surface area contributed by atoms with Gasteiger partial charge in [0.05, 0.1) is 67.4 Å². The summed E-state index contributed by atoms with van der Waals surface area (Å²) in [6, 6.07) is 35.2. The molecule has 0 spiro atoms. The van der Waals surface area contributed by atoms with E-state index < -0.39 is 52.4 Å². The normalized spacial score (nSPS) is 21.1. The fraction of sp³-hybridized carbons (Fsp3) is 0.316. The Bertz CT molecular complexity index is 5000. The van der Waals surface area contributed by atoms with Crippen molar-refractivity contribution in [2.75, 3.05) is 114 Å². The summed E-state index contributed by atoms with van der Waals surface area (Å²) in [5.74, 6) is 18.3. The van der Waals surface area contributed by atoms with E-state index in [1.807, 2.05) is 34.1 Å². The number of likely N-dealkylation sites (tertiary alicyclic amines) is 1. The maximum Gasteiger partial charge on any atom is 0.323 e. The molecule has 9 heterocycles. The first kappa shape index (κ1) is 75.6. The van der Waals surface area contributed by atoms with E-state index in [1.54, 1.807) is 103 Å². The molecule has 8 N–H and O–H groups in total. The molecule has 0 unspecified atom stereocenters. The monoisotopic (exact) mass is 1510 g/mol. The number of amides is 12. The van der Waals surface area contributed by atoms with E-state index in [1.165, 1.54) is 43.1 Å². The van der Waals surface area contributed by atoms with Crippen LogP contribution in [0.1, 0.15) is 94.0 Å². The van der Waals surface area contributed by atoms with Gasteiger partial charge in [0.15, 0.2) is 17.5 Å². The number of fused-ring (bicyclic) bond motifs is 3. The van der Waals surface area contributed by atoms with Crippen molar-refractivity contribution in [3.63, 3.8) is 0 Å². The molecule has 0 aromatic heterocycles. The van der Waals surface area contributed by atoms with Crippen LogP contribution >= 0.6 is 0 Å². The van der Waals surface area contributed by atoms with Gasteiger partial charge < -0.3 is 84.3 Å². The number of hydrogen-bond acceptors (Lipinski definition) is 20. The van der Waals surface area contributed by atoms with Crippen LogP contribution < -0.4 is 46.1 Å². The van der Waals surface area contributed by atoms with Crippen molar-refractivity contribution in [1.29, 1.82) is 0 Å². The predicted molar refractivity (Wildman–Crippen MR) is 397 cm³/mol. The van der Waals surface area contributed by atoms with Crippen LogP contribution in [0.4, 0.5) is 14.4 Å². The quantitative estimate of drug-likeness (QED) is 0.0205. The second-order valence-corrected chi connectivity index (χ2v) is 26.8. The van der Waals surface area contributed by atoms with Crippen molar-refractivity contribution in [2.45, 2.75) is 49.1 Å². The Morgan fingerprint density at radius 3 is 0.991 bits per heavy atom. The minimum absolute atomic E-state index is 0.104. The van der Waals surface area contributed by atoms with Gasteiger partial charge in [-0.1, -0.05) is 69.2 Å². The number of amidine groups is 3. The maximum absolute atomic E-state index is 13.1. The molecule has 6 aromatic carbocycles. The highest BCUT2D eigenvalue weighted by Crippen LogP contribution is 2.33. The summed E-state index contributed by atoms with van der Waals surface area (Å²) in [4.78, 5) is 129. The number of morpholine rings is 2. The smallest absolute Gasteiger partial charge is 0.323 e. The van der Waals surface area contributed by atoms with Gasteiger partial charge in [-0.3, -0.25) is 44.7 Å². The van der Waals surface area contributed by atoms with Crippen LogP contribution in [0.2, 0.25) is 0 Å². The van der Waals surface area contributed by atoms with Crippen LogP contribution in [0.3, 0.4) is 0 Å². The summed E-state index contributed by atoms with van der Waals surface area (Å²) in [6.45, 7) is 7.17. The third-order valence-electron chi connectivity index (χ3n) is 19.8. The van der Waals surface area contributed by atoms with Crippen LogP contribution in [0.5, 0.6) is 17.2 Å². The highest BCUT2D eigenvalue weighted by molar-refractivity contribution is 6.12. The van der Waals surface area contributed by atoms with Crippen molar-refractivity contribution in [1.82, 2.24) is 61.3 Å². The second-order valence-electron chi connectivity index (χ2n) is 26.8. The number of carbonyl (C=O) groups excluding carboxylic acids is 9. The van der Waals surface area contributed by atoms with Crippen molar-refractivity contribution >= 4 is 71.0 Å². The lowest BCUT2D eigenvalue weighted by atomic mass is 9.99. The number of imide groups is 3. The number of ether oxygens (including phenoxy) is 5. The van der Waals surface area contributed by atoms with E-state index in [4.69, 9.17) is 28.5 Å². The first-order valence-corrected chi connectivity index (χ1v) is 35.4. The molecular formula is C79H77N15O17. The first-order valence-electron chi connectivity index (χ1n) is 35.4. The van der Waals surface area contributed by atoms with Crippen LogP contribution in [0, 0.1) is 35.5 Å². The number of rotatable bonds is 13. The summed E-state index contributed by atoms with van der Waals surface area (Å²) in [5, 5.41) is 44.7. The highest BCUT2D eigenvalue weighted by Gasteiger charge is 2.51. The van der Waals surface area contributed by atoms with Gasteiger partial charge in [-0.25, -0.2) is 14.4 Å². The Hall–Kier alpha value is -13.6. The molecule has 6 aromatic rings. The molecule has 0 aliphatic carbocycles. The molecule has 9 aliphatic heterocycles. The zero-order valence-electron chi connectivity index (χ0n) is 60.9. The Morgan fingerprint density at radius 2 is 0.712 bits per heavy atom. The molecule has 15 rings (SSSR count). The SMILES string of the molecule is CON=C(c1ccc(C#C[C@]2(CN3Cc4ccc(OC)cc4C3=O)NC(=O)NC2=O)cc1)N1CCOCC1.COc1ccc2c(c1)C(=O)N(C[C@@]1(C#Cc3ccc(C(=NO)N4CCCC4)cc3)NC(=O)NC1=O)C2.COc1ccc2c(c1)C(=O)N(C[C@@]1(C#Cc3ccc(C(=NO)N4CCOCC4)cc3)NC(=O)NC1=O)C2. The molecule has 6 saturated heterocycles. The Kier molecular flexibility index (Phi) is 22.4. The van der Waals surface area contributed by atoms with Gasteiger partial charge in [-0.15, -0.1) is 0 Å². The average molecular weight is 1510 g/mol. The Morgan fingerprint density at radius 1 is 0.414 bits per heavy atom. The zero-order valence-corrected chi connectivity index (χ0v) is 60.9. The lowest BCUT2D eigenvalue weighted by molar-refractivity contribution is -0.123. The molecule has 0 radical (unpaired) electrons. The summed E-state index contributed by atoms with van der Waals surface area (Å²) < 4.78 is 26.4. The van der Waals surface area contributed by atoms with Gasteiger partial charge in [0.1, 0.15) is 24.4 Å². The number of methoxy groups -OCH3 is 3. The number of urea groups is 3. The molecule has 111 heavy (non-hydrogen) atoms. The van der Waals surface area contributed by atoms with Crippen LogP contribution in [-0.2, 0) is 48.3 Å². The Balaban J connectivity index is 0.000000146. The van der Waals surface area contributed by atoms with E-state index in [0.717, 1.165) is 53.7 Å². The molecule has 6 fully saturated rings. The fourth-order valence-corrected chi connectivity index (χ4v) is 13.9. The topological polar surface area (TPSA) is 378 Å². The summed E-state index contributed by atoms with van der Waals surface area (Å²) in [6.07, 6.45) is 2.10. The zero-order chi connectivity index (χ0) is 78.0. The summed E-state index contributed by atoms with van der Waals surface area (Å²) >= 11 is 0. The van der Waals surface area contributed by atoms with Crippen molar-refractivity contribution in [3.8, 4) is 52.8 Å². The third kappa shape index (κ3) is 16.3. The molecule has 32 nitrogen and oxygen atoms in total. The van der Waals surface area contributed by atoms with Gasteiger partial charge in [0.25, 0.3) is 35.4 Å². The second kappa shape index (κ2) is 32.8. The molecule has 3 atom stereocenters. The largest absolute Gasteiger partial charge is 0.497 e. The van der Waals surface area contributed by atoms with E-state index in [-0.39, 0.29) is 43.9 Å².